The van der Waals surface area contributed by atoms with Crippen LogP contribution in [0.3, 0.4) is 0 Å². The second-order valence-electron chi connectivity index (χ2n) is 5.80. The molecular weight excluding hydrogens is 251 g/mol. The Morgan fingerprint density at radius 2 is 1.85 bits per heavy atom. The highest BCUT2D eigenvalue weighted by Crippen LogP contribution is 2.20. The fourth-order valence-electron chi connectivity index (χ4n) is 3.01. The van der Waals surface area contributed by atoms with Crippen LogP contribution in [0.5, 0.6) is 0 Å². The lowest BCUT2D eigenvalue weighted by atomic mass is 9.95. The Kier molecular flexibility index (Phi) is 5.99. The number of benzene rings is 1. The summed E-state index contributed by atoms with van der Waals surface area (Å²) in [6.45, 7) is 9.13. The van der Waals surface area contributed by atoms with E-state index in [4.69, 9.17) is 0 Å². The van der Waals surface area contributed by atoms with E-state index in [0.717, 1.165) is 18.9 Å². The van der Waals surface area contributed by atoms with Crippen molar-refractivity contribution in [1.29, 1.82) is 0 Å². The molecule has 3 heteroatoms. The number of halogens is 1. The summed E-state index contributed by atoms with van der Waals surface area (Å²) in [5.41, 5.74) is 1.19. The van der Waals surface area contributed by atoms with E-state index < -0.39 is 0 Å². The number of nitrogens with zero attached hydrogens (tertiary/aromatic N) is 1. The van der Waals surface area contributed by atoms with Crippen molar-refractivity contribution in [2.24, 2.45) is 5.92 Å². The molecule has 1 atom stereocenters. The first kappa shape index (κ1) is 15.5. The first-order chi connectivity index (χ1) is 9.72. The van der Waals surface area contributed by atoms with Crippen LogP contribution in [-0.4, -0.2) is 31.1 Å². The molecule has 0 amide bonds. The molecule has 1 N–H and O–H groups in total. The van der Waals surface area contributed by atoms with Crippen molar-refractivity contribution in [2.45, 2.75) is 39.2 Å². The summed E-state index contributed by atoms with van der Waals surface area (Å²) in [7, 11) is 0. The molecule has 1 unspecified atom stereocenters. The van der Waals surface area contributed by atoms with E-state index in [1.165, 1.54) is 38.0 Å². The van der Waals surface area contributed by atoms with E-state index in [1.54, 1.807) is 12.1 Å². The molecule has 2 nitrogen and oxygen atoms in total. The molecule has 112 valence electrons. The van der Waals surface area contributed by atoms with Crippen LogP contribution in [0.25, 0.3) is 0 Å². The largest absolute Gasteiger partial charge is 0.310 e. The Morgan fingerprint density at radius 1 is 1.20 bits per heavy atom. The quantitative estimate of drug-likeness (QED) is 0.855. The van der Waals surface area contributed by atoms with E-state index in [-0.39, 0.29) is 5.82 Å². The maximum Gasteiger partial charge on any atom is 0.123 e. The molecule has 1 aromatic rings. The SMILES string of the molecule is CCC(NCC1CCN(CC)CC1)c1ccc(F)cc1. The van der Waals surface area contributed by atoms with Gasteiger partial charge in [-0.05, 0) is 69.1 Å². The summed E-state index contributed by atoms with van der Waals surface area (Å²) < 4.78 is 13.0. The van der Waals surface area contributed by atoms with Crippen molar-refractivity contribution in [3.63, 3.8) is 0 Å². The third kappa shape index (κ3) is 4.29. The minimum atomic E-state index is -0.157. The summed E-state index contributed by atoms with van der Waals surface area (Å²) in [6, 6.07) is 7.25. The molecule has 0 aliphatic carbocycles. The molecule has 0 spiro atoms. The molecule has 1 aromatic carbocycles. The van der Waals surface area contributed by atoms with Crippen LogP contribution in [0.2, 0.25) is 0 Å². The van der Waals surface area contributed by atoms with Gasteiger partial charge in [-0.25, -0.2) is 4.39 Å². The first-order valence-electron chi connectivity index (χ1n) is 7.94. The molecule has 0 saturated carbocycles. The maximum atomic E-state index is 13.0. The standard InChI is InChI=1S/C17H27FN2/c1-3-17(15-5-7-16(18)8-6-15)19-13-14-9-11-20(4-2)12-10-14/h5-8,14,17,19H,3-4,9-13H2,1-2H3. The van der Waals surface area contributed by atoms with Crippen molar-refractivity contribution in [2.75, 3.05) is 26.2 Å². The van der Waals surface area contributed by atoms with Crippen LogP contribution >= 0.6 is 0 Å². The fraction of sp³-hybridized carbons (Fsp3) is 0.647. The zero-order valence-corrected chi connectivity index (χ0v) is 12.7. The summed E-state index contributed by atoms with van der Waals surface area (Å²) in [6.07, 6.45) is 3.63. The van der Waals surface area contributed by atoms with Gasteiger partial charge in [0.05, 0.1) is 0 Å². The van der Waals surface area contributed by atoms with Gasteiger partial charge in [-0.2, -0.15) is 0 Å². The molecule has 1 aliphatic rings. The van der Waals surface area contributed by atoms with Crippen molar-refractivity contribution >= 4 is 0 Å². The van der Waals surface area contributed by atoms with E-state index in [2.05, 4.69) is 24.1 Å². The summed E-state index contributed by atoms with van der Waals surface area (Å²) in [4.78, 5) is 2.52. The van der Waals surface area contributed by atoms with E-state index in [0.29, 0.717) is 6.04 Å². The van der Waals surface area contributed by atoms with Crippen molar-refractivity contribution in [1.82, 2.24) is 10.2 Å². The third-order valence-electron chi connectivity index (χ3n) is 4.49. The Morgan fingerprint density at radius 3 is 2.40 bits per heavy atom. The molecule has 1 fully saturated rings. The van der Waals surface area contributed by atoms with Crippen molar-refractivity contribution in [3.8, 4) is 0 Å². The van der Waals surface area contributed by atoms with Gasteiger partial charge in [-0.1, -0.05) is 26.0 Å². The van der Waals surface area contributed by atoms with Gasteiger partial charge >= 0.3 is 0 Å². The lowest BCUT2D eigenvalue weighted by molar-refractivity contribution is 0.187. The average Bonchev–Trinajstić information content (AvgIpc) is 2.50. The van der Waals surface area contributed by atoms with E-state index >= 15 is 0 Å². The molecule has 1 saturated heterocycles. The van der Waals surface area contributed by atoms with Crippen LogP contribution in [0, 0.1) is 11.7 Å². The Labute approximate surface area is 122 Å². The predicted octanol–water partition coefficient (Wildman–Crippen LogP) is 3.60. The Bertz CT molecular complexity index is 382. The Balaban J connectivity index is 1.81. The van der Waals surface area contributed by atoms with Gasteiger partial charge in [0.2, 0.25) is 0 Å². The summed E-state index contributed by atoms with van der Waals surface area (Å²) >= 11 is 0. The predicted molar refractivity (Wildman–Crippen MR) is 82.3 cm³/mol. The normalized spacial score (nSPS) is 19.1. The first-order valence-corrected chi connectivity index (χ1v) is 7.94. The monoisotopic (exact) mass is 278 g/mol. The van der Waals surface area contributed by atoms with Crippen LogP contribution in [0.4, 0.5) is 4.39 Å². The highest BCUT2D eigenvalue weighted by Gasteiger charge is 2.19. The van der Waals surface area contributed by atoms with Gasteiger partial charge in [0.25, 0.3) is 0 Å². The van der Waals surface area contributed by atoms with Crippen LogP contribution in [0.15, 0.2) is 24.3 Å². The lowest BCUT2D eigenvalue weighted by Gasteiger charge is -2.32. The molecule has 0 aromatic heterocycles. The maximum absolute atomic E-state index is 13.0. The highest BCUT2D eigenvalue weighted by molar-refractivity contribution is 5.19. The molecule has 0 radical (unpaired) electrons. The average molecular weight is 278 g/mol. The minimum Gasteiger partial charge on any atom is -0.310 e. The number of hydrogen-bond donors (Lipinski definition) is 1. The molecule has 1 heterocycles. The van der Waals surface area contributed by atoms with Crippen LogP contribution < -0.4 is 5.32 Å². The van der Waals surface area contributed by atoms with Crippen LogP contribution in [-0.2, 0) is 0 Å². The lowest BCUT2D eigenvalue weighted by Crippen LogP contribution is -2.37. The second kappa shape index (κ2) is 7.75. The van der Waals surface area contributed by atoms with Gasteiger partial charge in [0.1, 0.15) is 5.82 Å². The van der Waals surface area contributed by atoms with Gasteiger partial charge < -0.3 is 10.2 Å². The van der Waals surface area contributed by atoms with Gasteiger partial charge in [0.15, 0.2) is 0 Å². The molecule has 1 aliphatic heterocycles. The van der Waals surface area contributed by atoms with Gasteiger partial charge in [-0.3, -0.25) is 0 Å². The third-order valence-corrected chi connectivity index (χ3v) is 4.49. The smallest absolute Gasteiger partial charge is 0.123 e. The van der Waals surface area contributed by atoms with Crippen molar-refractivity contribution < 1.29 is 4.39 Å². The van der Waals surface area contributed by atoms with Crippen molar-refractivity contribution in [3.05, 3.63) is 35.6 Å². The number of nitrogens with one attached hydrogen (secondary N) is 1. The highest BCUT2D eigenvalue weighted by atomic mass is 19.1. The van der Waals surface area contributed by atoms with Gasteiger partial charge in [0, 0.05) is 6.04 Å². The fourth-order valence-corrected chi connectivity index (χ4v) is 3.01. The van der Waals surface area contributed by atoms with E-state index in [1.807, 2.05) is 12.1 Å². The number of rotatable bonds is 6. The number of likely N-dealkylation sites (tertiary alicyclic amines) is 1. The molecule has 0 bridgehead atoms. The zero-order valence-electron chi connectivity index (χ0n) is 12.7. The summed E-state index contributed by atoms with van der Waals surface area (Å²) in [5.74, 6) is 0.628. The zero-order chi connectivity index (χ0) is 14.4. The van der Waals surface area contributed by atoms with E-state index in [9.17, 15) is 4.39 Å². The van der Waals surface area contributed by atoms with Crippen LogP contribution in [0.1, 0.15) is 44.7 Å². The second-order valence-corrected chi connectivity index (χ2v) is 5.80. The molecular formula is C17H27FN2. The number of hydrogen-bond acceptors (Lipinski definition) is 2. The topological polar surface area (TPSA) is 15.3 Å². The molecule has 20 heavy (non-hydrogen) atoms. The minimum absolute atomic E-state index is 0.157. The number of piperidine rings is 1. The molecule has 2 rings (SSSR count). The van der Waals surface area contributed by atoms with Gasteiger partial charge in [-0.15, -0.1) is 0 Å². The summed E-state index contributed by atoms with van der Waals surface area (Å²) in [5, 5.41) is 3.67. The Hall–Kier alpha value is -0.930.